The molecule has 0 spiro atoms. The average Bonchev–Trinajstić information content (AvgIpc) is 3.65. The zero-order valence-corrected chi connectivity index (χ0v) is 30.6. The van der Waals surface area contributed by atoms with Crippen LogP contribution in [0.4, 0.5) is 17.1 Å². The summed E-state index contributed by atoms with van der Waals surface area (Å²) in [5.41, 5.74) is 12.1. The average molecular weight is 714 g/mol. The molecule has 11 aromatic rings. The van der Waals surface area contributed by atoms with Crippen LogP contribution in [0.3, 0.4) is 0 Å². The second-order valence-corrected chi connectivity index (χ2v) is 14.5. The van der Waals surface area contributed by atoms with Gasteiger partial charge < -0.3 is 9.32 Å². The number of benzene rings is 10. The summed E-state index contributed by atoms with van der Waals surface area (Å²) in [5.74, 6) is 0. The van der Waals surface area contributed by atoms with Gasteiger partial charge in [-0.2, -0.15) is 0 Å². The van der Waals surface area contributed by atoms with Crippen molar-refractivity contribution < 1.29 is 4.42 Å². The van der Waals surface area contributed by atoms with E-state index in [0.717, 1.165) is 50.1 Å². The lowest BCUT2D eigenvalue weighted by molar-refractivity contribution is 0.669. The summed E-state index contributed by atoms with van der Waals surface area (Å²) < 4.78 is 6.65. The van der Waals surface area contributed by atoms with E-state index in [4.69, 9.17) is 4.42 Å². The van der Waals surface area contributed by atoms with Gasteiger partial charge in [0.15, 0.2) is 0 Å². The minimum Gasteiger partial charge on any atom is -0.456 e. The molecule has 56 heavy (non-hydrogen) atoms. The van der Waals surface area contributed by atoms with E-state index >= 15 is 0 Å². The molecule has 10 aromatic carbocycles. The molecule has 0 saturated heterocycles. The summed E-state index contributed by atoms with van der Waals surface area (Å²) in [5, 5.41) is 9.55. The zero-order valence-electron chi connectivity index (χ0n) is 30.6. The fraction of sp³-hybridized carbons (Fsp3) is 0. The third-order valence-corrected chi connectivity index (χ3v) is 11.2. The lowest BCUT2D eigenvalue weighted by Gasteiger charge is -2.28. The number of furan rings is 1. The van der Waals surface area contributed by atoms with Gasteiger partial charge in [0.25, 0.3) is 0 Å². The zero-order chi connectivity index (χ0) is 37.0. The third kappa shape index (κ3) is 5.34. The summed E-state index contributed by atoms with van der Waals surface area (Å²) in [6.45, 7) is 0. The lowest BCUT2D eigenvalue weighted by Crippen LogP contribution is -2.11. The van der Waals surface area contributed by atoms with Crippen molar-refractivity contribution in [3.63, 3.8) is 0 Å². The van der Waals surface area contributed by atoms with Crippen molar-refractivity contribution in [2.24, 2.45) is 0 Å². The quantitative estimate of drug-likeness (QED) is 0.171. The first-order chi connectivity index (χ1) is 27.8. The summed E-state index contributed by atoms with van der Waals surface area (Å²) in [6, 6.07) is 76.5. The van der Waals surface area contributed by atoms with Crippen LogP contribution in [0.1, 0.15) is 0 Å². The maximum Gasteiger partial charge on any atom is 0.137 e. The highest BCUT2D eigenvalue weighted by molar-refractivity contribution is 6.19. The van der Waals surface area contributed by atoms with Gasteiger partial charge in [-0.3, -0.25) is 0 Å². The number of nitrogens with zero attached hydrogens (tertiary/aromatic N) is 1. The Bertz CT molecular complexity index is 3230. The molecule has 2 nitrogen and oxygen atoms in total. The van der Waals surface area contributed by atoms with Crippen LogP contribution in [0.25, 0.3) is 87.6 Å². The molecule has 0 saturated carbocycles. The summed E-state index contributed by atoms with van der Waals surface area (Å²) in [4.78, 5) is 2.39. The van der Waals surface area contributed by atoms with E-state index in [2.05, 4.69) is 217 Å². The molecule has 2 heteroatoms. The summed E-state index contributed by atoms with van der Waals surface area (Å²) >= 11 is 0. The van der Waals surface area contributed by atoms with Crippen LogP contribution < -0.4 is 4.90 Å². The van der Waals surface area contributed by atoms with E-state index in [-0.39, 0.29) is 0 Å². The van der Waals surface area contributed by atoms with Crippen LogP contribution in [0, 0.1) is 0 Å². The van der Waals surface area contributed by atoms with Crippen LogP contribution in [0.15, 0.2) is 217 Å². The first-order valence-electron chi connectivity index (χ1n) is 19.2. The van der Waals surface area contributed by atoms with Gasteiger partial charge >= 0.3 is 0 Å². The van der Waals surface area contributed by atoms with Gasteiger partial charge in [0.2, 0.25) is 0 Å². The standard InChI is InChI=1S/C54H35NO/c1-3-13-36(14-4-1)45-23-11-20-40-21-12-24-46(53(40)45)39-25-28-43(29-26-39)55(50-34-42-19-8-7-18-41(42)33-49(50)37-15-5-2-6-16-37)44-30-31-48-52(35-44)56-51-32-27-38-17-9-10-22-47(38)54(48)51/h1-35H. The smallest absolute Gasteiger partial charge is 0.137 e. The largest absolute Gasteiger partial charge is 0.456 e. The van der Waals surface area contributed by atoms with Gasteiger partial charge in [0, 0.05) is 33.8 Å². The van der Waals surface area contributed by atoms with E-state index < -0.39 is 0 Å². The number of anilines is 3. The molecule has 0 aliphatic carbocycles. The van der Waals surface area contributed by atoms with Crippen molar-refractivity contribution in [2.45, 2.75) is 0 Å². The first kappa shape index (κ1) is 32.0. The van der Waals surface area contributed by atoms with Gasteiger partial charge in [-0.1, -0.05) is 164 Å². The van der Waals surface area contributed by atoms with Crippen LogP contribution in [-0.2, 0) is 0 Å². The second kappa shape index (κ2) is 13.2. The monoisotopic (exact) mass is 713 g/mol. The van der Waals surface area contributed by atoms with Crippen LogP contribution >= 0.6 is 0 Å². The van der Waals surface area contributed by atoms with Crippen molar-refractivity contribution in [3.8, 4) is 33.4 Å². The predicted octanol–water partition coefficient (Wildman–Crippen LogP) is 15.5. The van der Waals surface area contributed by atoms with E-state index in [1.54, 1.807) is 0 Å². The molecule has 0 aliphatic heterocycles. The minimum atomic E-state index is 0.863. The van der Waals surface area contributed by atoms with Gasteiger partial charge in [0.05, 0.1) is 5.69 Å². The molecule has 262 valence electrons. The normalized spacial score (nSPS) is 11.6. The number of hydrogen-bond donors (Lipinski definition) is 0. The van der Waals surface area contributed by atoms with E-state index in [1.807, 2.05) is 0 Å². The minimum absolute atomic E-state index is 0.863. The SMILES string of the molecule is c1ccc(-c2cc3ccccc3cc2N(c2ccc(-c3cccc4cccc(-c5ccccc5)c34)cc2)c2ccc3c(c2)oc2ccc4ccccc4c23)cc1. The number of rotatable bonds is 6. The molecular weight excluding hydrogens is 679 g/mol. The van der Waals surface area contributed by atoms with Gasteiger partial charge in [-0.15, -0.1) is 0 Å². The molecule has 0 bridgehead atoms. The van der Waals surface area contributed by atoms with Crippen molar-refractivity contribution >= 4 is 71.3 Å². The van der Waals surface area contributed by atoms with Crippen LogP contribution in [0.5, 0.6) is 0 Å². The Morgan fingerprint density at radius 3 is 1.59 bits per heavy atom. The Morgan fingerprint density at radius 1 is 0.304 bits per heavy atom. The number of fused-ring (bicyclic) bond motifs is 7. The highest BCUT2D eigenvalue weighted by Gasteiger charge is 2.21. The van der Waals surface area contributed by atoms with Crippen molar-refractivity contribution in [2.75, 3.05) is 4.90 Å². The maximum atomic E-state index is 6.65. The first-order valence-corrected chi connectivity index (χ1v) is 19.2. The van der Waals surface area contributed by atoms with Gasteiger partial charge in [-0.25, -0.2) is 0 Å². The molecule has 0 atom stereocenters. The number of hydrogen-bond acceptors (Lipinski definition) is 2. The Balaban J connectivity index is 1.13. The molecular formula is C54H35NO. The molecule has 11 rings (SSSR count). The highest BCUT2D eigenvalue weighted by Crippen LogP contribution is 2.46. The van der Waals surface area contributed by atoms with Crippen molar-refractivity contribution in [3.05, 3.63) is 212 Å². The van der Waals surface area contributed by atoms with Crippen LogP contribution in [0.2, 0.25) is 0 Å². The Morgan fingerprint density at radius 2 is 0.875 bits per heavy atom. The summed E-state index contributed by atoms with van der Waals surface area (Å²) in [6.07, 6.45) is 0. The molecule has 1 heterocycles. The molecule has 0 fully saturated rings. The Kier molecular flexibility index (Phi) is 7.53. The molecule has 0 amide bonds. The Labute approximate surface area is 325 Å². The van der Waals surface area contributed by atoms with Gasteiger partial charge in [-0.05, 0) is 103 Å². The molecule has 0 N–H and O–H groups in total. The predicted molar refractivity (Wildman–Crippen MR) is 237 cm³/mol. The highest BCUT2D eigenvalue weighted by atomic mass is 16.3. The topological polar surface area (TPSA) is 16.4 Å². The summed E-state index contributed by atoms with van der Waals surface area (Å²) in [7, 11) is 0. The molecule has 0 radical (unpaired) electrons. The second-order valence-electron chi connectivity index (χ2n) is 14.5. The van der Waals surface area contributed by atoms with Crippen LogP contribution in [-0.4, -0.2) is 0 Å². The molecule has 0 aliphatic rings. The fourth-order valence-corrected chi connectivity index (χ4v) is 8.59. The maximum absolute atomic E-state index is 6.65. The Hall–Kier alpha value is -7.42. The van der Waals surface area contributed by atoms with E-state index in [1.165, 1.54) is 54.6 Å². The van der Waals surface area contributed by atoms with E-state index in [0.29, 0.717) is 0 Å². The molecule has 0 unspecified atom stereocenters. The third-order valence-electron chi connectivity index (χ3n) is 11.2. The van der Waals surface area contributed by atoms with Crippen molar-refractivity contribution in [1.29, 1.82) is 0 Å². The fourth-order valence-electron chi connectivity index (χ4n) is 8.59. The van der Waals surface area contributed by atoms with Crippen molar-refractivity contribution in [1.82, 2.24) is 0 Å². The lowest BCUT2D eigenvalue weighted by atomic mass is 9.91. The van der Waals surface area contributed by atoms with E-state index in [9.17, 15) is 0 Å². The van der Waals surface area contributed by atoms with Gasteiger partial charge in [0.1, 0.15) is 11.2 Å². The molecule has 1 aromatic heterocycles.